The summed E-state index contributed by atoms with van der Waals surface area (Å²) in [6.45, 7) is -3.06. The van der Waals surface area contributed by atoms with Crippen LogP contribution in [-0.2, 0) is 26.2 Å². The lowest BCUT2D eigenvalue weighted by Gasteiger charge is -2.41. The maximum Gasteiger partial charge on any atom is 0.460 e. The van der Waals surface area contributed by atoms with Gasteiger partial charge in [0.15, 0.2) is 6.20 Å². The zero-order chi connectivity index (χ0) is 33.3. The summed E-state index contributed by atoms with van der Waals surface area (Å²) in [5.74, 6) is -33.1. The molecule has 0 amide bonds. The van der Waals surface area contributed by atoms with E-state index in [9.17, 15) is 95.9 Å². The highest BCUT2D eigenvalue weighted by Crippen LogP contribution is 2.60. The zero-order valence-corrected chi connectivity index (χ0v) is 20.5. The van der Waals surface area contributed by atoms with Crippen molar-refractivity contribution in [1.29, 1.82) is 0 Å². The molecule has 0 bridgehead atoms. The zero-order valence-electron chi connectivity index (χ0n) is 18.1. The SMILES string of the molecule is O=S(=O)([C-](C[n+]1ccccc1Cl)S(=O)(=O)C(F)(F)C(F)(F)C(F)(F)C(F)(F)F)C(F)(F)C(F)(F)C(F)(F)C(F)(F)F. The molecule has 0 aliphatic rings. The van der Waals surface area contributed by atoms with Gasteiger partial charge >= 0.3 is 46.6 Å². The second-order valence-corrected chi connectivity index (χ2v) is 12.0. The first-order valence-corrected chi connectivity index (χ1v) is 12.4. The van der Waals surface area contributed by atoms with Crippen molar-refractivity contribution < 1.29 is 100 Å². The first kappa shape index (κ1) is 37.1. The molecule has 41 heavy (non-hydrogen) atoms. The largest absolute Gasteiger partial charge is 0.460 e. The summed E-state index contributed by atoms with van der Waals surface area (Å²) in [5, 5.41) is -17.8. The van der Waals surface area contributed by atoms with E-state index in [2.05, 4.69) is 0 Å². The molecule has 1 heterocycles. The van der Waals surface area contributed by atoms with Gasteiger partial charge in [0.05, 0.1) is 6.54 Å². The minimum Gasteiger partial charge on any atom is -0.255 e. The van der Waals surface area contributed by atoms with Crippen LogP contribution in [0, 0.1) is 4.58 Å². The monoisotopic (exact) mass is 705 g/mol. The summed E-state index contributed by atoms with van der Waals surface area (Å²) in [5.41, 5.74) is 0. The second kappa shape index (κ2) is 10.1. The number of hydrogen-bond acceptors (Lipinski definition) is 4. The molecule has 0 unspecified atom stereocenters. The summed E-state index contributed by atoms with van der Waals surface area (Å²) in [6.07, 6.45) is -15.5. The summed E-state index contributed by atoms with van der Waals surface area (Å²) in [7, 11) is -17.7. The Morgan fingerprint density at radius 2 is 0.902 bits per heavy atom. The third-order valence-corrected chi connectivity index (χ3v) is 9.67. The van der Waals surface area contributed by atoms with Gasteiger partial charge < -0.3 is 0 Å². The van der Waals surface area contributed by atoms with Gasteiger partial charge in [-0.15, -0.1) is 0 Å². The van der Waals surface area contributed by atoms with Gasteiger partial charge in [0.1, 0.15) is 19.7 Å². The third-order valence-electron chi connectivity index (χ3n) is 4.69. The Balaban J connectivity index is 4.19. The third kappa shape index (κ3) is 5.26. The molecule has 0 N–H and O–H groups in total. The molecule has 0 fully saturated rings. The van der Waals surface area contributed by atoms with E-state index in [4.69, 9.17) is 11.6 Å². The number of pyridine rings is 1. The molecule has 26 heteroatoms. The van der Waals surface area contributed by atoms with Crippen molar-refractivity contribution >= 4 is 31.3 Å². The number of rotatable bonds is 10. The van der Waals surface area contributed by atoms with Crippen LogP contribution in [0.25, 0.3) is 0 Å². The Labute approximate surface area is 219 Å². The topological polar surface area (TPSA) is 72.2 Å². The van der Waals surface area contributed by atoms with Gasteiger partial charge in [-0.05, 0) is 17.7 Å². The fourth-order valence-corrected chi connectivity index (χ4v) is 6.48. The van der Waals surface area contributed by atoms with Gasteiger partial charge in [-0.3, -0.25) is 16.8 Å². The summed E-state index contributed by atoms with van der Waals surface area (Å²) < 4.78 is 283. The number of sulfone groups is 2. The lowest BCUT2D eigenvalue weighted by Crippen LogP contribution is -2.67. The van der Waals surface area contributed by atoms with Gasteiger partial charge in [-0.2, -0.15) is 79.0 Å². The fraction of sp³-hybridized carbons (Fsp3) is 0.600. The molecule has 0 atom stereocenters. The Morgan fingerprint density at radius 3 is 1.17 bits per heavy atom. The van der Waals surface area contributed by atoms with Crippen LogP contribution in [0.5, 0.6) is 0 Å². The number of alkyl halides is 18. The van der Waals surface area contributed by atoms with Crippen molar-refractivity contribution in [1.82, 2.24) is 0 Å². The molecular formula is C15H6ClF18NO4S2. The maximum absolute atomic E-state index is 14.3. The van der Waals surface area contributed by atoms with Crippen molar-refractivity contribution in [3.05, 3.63) is 34.1 Å². The van der Waals surface area contributed by atoms with Gasteiger partial charge in [0.25, 0.3) is 5.15 Å². The van der Waals surface area contributed by atoms with Crippen molar-refractivity contribution in [3.63, 3.8) is 0 Å². The number of nitrogens with zero attached hydrogens (tertiary/aromatic N) is 1. The van der Waals surface area contributed by atoms with Crippen LogP contribution < -0.4 is 4.57 Å². The molecule has 1 aromatic rings. The molecule has 0 aliphatic heterocycles. The standard InChI is InChI=1S/C15H6ClF18NO4S2/c16-6-3-1-2-4-35(6)5-7(40(36,37)14(31,32)10(21,22)8(17,18)12(25,26)27)41(38,39)15(33,34)11(23,24)9(19,20)13(28,29)30/h1-4H,5H2. The molecule has 0 radical (unpaired) electrons. The van der Waals surface area contributed by atoms with Crippen LogP contribution in [0.15, 0.2) is 24.4 Å². The van der Waals surface area contributed by atoms with Crippen LogP contribution in [0.2, 0.25) is 5.15 Å². The number of hydrogen-bond donors (Lipinski definition) is 0. The molecule has 1 rings (SSSR count). The Morgan fingerprint density at radius 1 is 0.585 bits per heavy atom. The second-order valence-electron chi connectivity index (χ2n) is 7.36. The van der Waals surface area contributed by atoms with Gasteiger partial charge in [-0.25, -0.2) is 4.57 Å². The summed E-state index contributed by atoms with van der Waals surface area (Å²) in [6, 6.07) is 1.69. The Bertz CT molecular complexity index is 1270. The van der Waals surface area contributed by atoms with Crippen LogP contribution in [-0.4, -0.2) is 63.4 Å². The van der Waals surface area contributed by atoms with Crippen LogP contribution in [0.1, 0.15) is 0 Å². The van der Waals surface area contributed by atoms with E-state index < -0.39 is 87.1 Å². The average Bonchev–Trinajstić information content (AvgIpc) is 2.75. The van der Waals surface area contributed by atoms with E-state index in [1.165, 1.54) is 0 Å². The highest BCUT2D eigenvalue weighted by Gasteiger charge is 2.87. The van der Waals surface area contributed by atoms with Crippen LogP contribution in [0.3, 0.4) is 0 Å². The smallest absolute Gasteiger partial charge is 0.255 e. The molecule has 0 saturated heterocycles. The van der Waals surface area contributed by atoms with E-state index >= 15 is 0 Å². The number of aromatic nitrogens is 1. The molecule has 0 aromatic carbocycles. The van der Waals surface area contributed by atoms with E-state index in [-0.39, 0.29) is 6.20 Å². The Hall–Kier alpha value is -1.92. The van der Waals surface area contributed by atoms with Crippen LogP contribution in [0.4, 0.5) is 79.0 Å². The lowest BCUT2D eigenvalue weighted by molar-refractivity contribution is -0.687. The van der Waals surface area contributed by atoms with Crippen molar-refractivity contribution in [2.75, 3.05) is 0 Å². The minimum absolute atomic E-state index is 0.106. The van der Waals surface area contributed by atoms with Gasteiger partial charge in [-0.1, -0.05) is 0 Å². The van der Waals surface area contributed by atoms with E-state index in [0.717, 1.165) is 6.07 Å². The quantitative estimate of drug-likeness (QED) is 0.134. The lowest BCUT2D eigenvalue weighted by atomic mass is 10.1. The van der Waals surface area contributed by atoms with Crippen molar-refractivity contribution in [2.45, 2.75) is 53.1 Å². The predicted octanol–water partition coefficient (Wildman–Crippen LogP) is 5.80. The fourth-order valence-electron chi connectivity index (χ4n) is 2.38. The highest BCUT2D eigenvalue weighted by molar-refractivity contribution is 8.13. The first-order chi connectivity index (χ1) is 17.6. The predicted molar refractivity (Wildman–Crippen MR) is 94.5 cm³/mol. The minimum atomic E-state index is -8.85. The molecule has 0 spiro atoms. The maximum atomic E-state index is 14.3. The highest BCUT2D eigenvalue weighted by atomic mass is 35.5. The Kier molecular flexibility index (Phi) is 9.12. The van der Waals surface area contributed by atoms with Gasteiger partial charge in [0.2, 0.25) is 0 Å². The van der Waals surface area contributed by atoms with Crippen molar-refractivity contribution in [2.24, 2.45) is 0 Å². The van der Waals surface area contributed by atoms with Gasteiger partial charge in [0, 0.05) is 16.7 Å². The molecule has 1 aromatic heterocycles. The molecule has 5 nitrogen and oxygen atoms in total. The molecule has 240 valence electrons. The van der Waals surface area contributed by atoms with Crippen LogP contribution >= 0.6 is 11.6 Å². The summed E-state index contributed by atoms with van der Waals surface area (Å²) in [4.78, 5) is 0. The average molecular weight is 706 g/mol. The molecule has 0 saturated carbocycles. The molecular weight excluding hydrogens is 700 g/mol. The van der Waals surface area contributed by atoms with E-state index in [1.807, 2.05) is 0 Å². The van der Waals surface area contributed by atoms with E-state index in [0.29, 0.717) is 12.1 Å². The van der Waals surface area contributed by atoms with Crippen molar-refractivity contribution in [3.8, 4) is 0 Å². The molecule has 0 aliphatic carbocycles. The normalized spacial score (nSPS) is 15.9. The first-order valence-electron chi connectivity index (χ1n) is 9.01. The van der Waals surface area contributed by atoms with E-state index in [1.54, 1.807) is 0 Å². The summed E-state index contributed by atoms with van der Waals surface area (Å²) >= 11 is 5.29. The number of halogens is 19.